The molecule has 0 bridgehead atoms. The number of rotatable bonds is 4. The summed E-state index contributed by atoms with van der Waals surface area (Å²) in [7, 11) is 0. The van der Waals surface area contributed by atoms with E-state index in [0.717, 1.165) is 18.0 Å². The number of carbonyl (C=O) groups excluding carboxylic acids is 1. The van der Waals surface area contributed by atoms with Crippen LogP contribution in [-0.4, -0.2) is 31.8 Å². The molecule has 0 saturated carbocycles. The molecule has 1 aromatic carbocycles. The van der Waals surface area contributed by atoms with Crippen LogP contribution in [0.2, 0.25) is 10.0 Å². The van der Waals surface area contributed by atoms with Gasteiger partial charge in [-0.1, -0.05) is 23.2 Å². The Morgan fingerprint density at radius 1 is 1.42 bits per heavy atom. The summed E-state index contributed by atoms with van der Waals surface area (Å²) in [5.74, 6) is 0.388. The number of amides is 1. The molecule has 2 N–H and O–H groups in total. The standard InChI is InChI=1S/C12H14Cl2N2OS.ClH/c1-18-11-2-8(9(13)3-10(11)14)12(17)16-6-7-4-15-5-7;/h2-3,7,15H,4-6H2,1H3,(H,16,17);1H. The van der Waals surface area contributed by atoms with Crippen LogP contribution in [0.25, 0.3) is 0 Å². The van der Waals surface area contributed by atoms with Gasteiger partial charge < -0.3 is 10.6 Å². The van der Waals surface area contributed by atoms with Gasteiger partial charge in [-0.15, -0.1) is 24.2 Å². The van der Waals surface area contributed by atoms with Crippen molar-refractivity contribution < 1.29 is 4.79 Å². The number of hydrogen-bond acceptors (Lipinski definition) is 3. The first-order valence-corrected chi connectivity index (χ1v) is 7.62. The molecule has 3 nitrogen and oxygen atoms in total. The fourth-order valence-electron chi connectivity index (χ4n) is 1.68. The molecule has 1 fully saturated rings. The van der Waals surface area contributed by atoms with Crippen LogP contribution in [0, 0.1) is 5.92 Å². The first-order valence-electron chi connectivity index (χ1n) is 5.63. The van der Waals surface area contributed by atoms with Crippen LogP contribution in [0.5, 0.6) is 0 Å². The SMILES string of the molecule is CSc1cc(C(=O)NCC2CNC2)c(Cl)cc1Cl.Cl. The predicted molar refractivity (Wildman–Crippen MR) is 84.2 cm³/mol. The lowest BCUT2D eigenvalue weighted by atomic mass is 10.0. The average molecular weight is 342 g/mol. The molecule has 1 heterocycles. The lowest BCUT2D eigenvalue weighted by molar-refractivity contribution is 0.0942. The molecular weight excluding hydrogens is 327 g/mol. The number of halogens is 3. The van der Waals surface area contributed by atoms with Gasteiger partial charge in [-0.3, -0.25) is 4.79 Å². The third-order valence-corrected chi connectivity index (χ3v) is 4.42. The Kier molecular flexibility index (Phi) is 6.77. The van der Waals surface area contributed by atoms with Crippen LogP contribution >= 0.6 is 47.4 Å². The van der Waals surface area contributed by atoms with Gasteiger partial charge in [-0.25, -0.2) is 0 Å². The maximum atomic E-state index is 12.0. The summed E-state index contributed by atoms with van der Waals surface area (Å²) in [5.41, 5.74) is 0.484. The molecule has 0 radical (unpaired) electrons. The molecule has 1 amide bonds. The van der Waals surface area contributed by atoms with E-state index in [0.29, 0.717) is 28.1 Å². The Bertz CT molecular complexity index is 467. The second-order valence-electron chi connectivity index (χ2n) is 4.20. The molecule has 0 unspecified atom stereocenters. The first-order chi connectivity index (χ1) is 8.61. The van der Waals surface area contributed by atoms with Crippen molar-refractivity contribution in [2.24, 2.45) is 5.92 Å². The van der Waals surface area contributed by atoms with Crippen molar-refractivity contribution in [1.29, 1.82) is 0 Å². The highest BCUT2D eigenvalue weighted by atomic mass is 35.5. The average Bonchev–Trinajstić information content (AvgIpc) is 2.27. The summed E-state index contributed by atoms with van der Waals surface area (Å²) in [6.07, 6.45) is 1.91. The minimum absolute atomic E-state index is 0. The van der Waals surface area contributed by atoms with E-state index in [1.807, 2.05) is 6.26 Å². The summed E-state index contributed by atoms with van der Waals surface area (Å²) in [5, 5.41) is 7.03. The molecule has 2 rings (SSSR count). The molecule has 1 aliphatic heterocycles. The van der Waals surface area contributed by atoms with E-state index in [-0.39, 0.29) is 18.3 Å². The Balaban J connectivity index is 0.00000180. The van der Waals surface area contributed by atoms with Gasteiger partial charge >= 0.3 is 0 Å². The van der Waals surface area contributed by atoms with Crippen molar-refractivity contribution in [3.05, 3.63) is 27.7 Å². The summed E-state index contributed by atoms with van der Waals surface area (Å²) in [6.45, 7) is 2.61. The topological polar surface area (TPSA) is 41.1 Å². The minimum Gasteiger partial charge on any atom is -0.352 e. The smallest absolute Gasteiger partial charge is 0.252 e. The normalized spacial score (nSPS) is 14.5. The second kappa shape index (κ2) is 7.60. The molecule has 1 aromatic rings. The number of carbonyl (C=O) groups is 1. The Morgan fingerprint density at radius 3 is 2.63 bits per heavy atom. The highest BCUT2D eigenvalue weighted by Gasteiger charge is 2.19. The quantitative estimate of drug-likeness (QED) is 0.827. The number of nitrogens with one attached hydrogen (secondary N) is 2. The van der Waals surface area contributed by atoms with Crippen molar-refractivity contribution in [3.63, 3.8) is 0 Å². The molecule has 0 aromatic heterocycles. The number of benzene rings is 1. The van der Waals surface area contributed by atoms with Crippen molar-refractivity contribution in [1.82, 2.24) is 10.6 Å². The van der Waals surface area contributed by atoms with Crippen molar-refractivity contribution in [3.8, 4) is 0 Å². The zero-order valence-electron chi connectivity index (χ0n) is 10.3. The van der Waals surface area contributed by atoms with E-state index in [2.05, 4.69) is 10.6 Å². The lowest BCUT2D eigenvalue weighted by Crippen LogP contribution is -2.48. The number of hydrogen-bond donors (Lipinski definition) is 2. The van der Waals surface area contributed by atoms with Gasteiger partial charge in [0.2, 0.25) is 0 Å². The van der Waals surface area contributed by atoms with E-state index in [4.69, 9.17) is 23.2 Å². The second-order valence-corrected chi connectivity index (χ2v) is 5.86. The van der Waals surface area contributed by atoms with Gasteiger partial charge in [-0.2, -0.15) is 0 Å². The van der Waals surface area contributed by atoms with Crippen LogP contribution < -0.4 is 10.6 Å². The molecule has 1 aliphatic rings. The van der Waals surface area contributed by atoms with Gasteiger partial charge in [0, 0.05) is 30.4 Å². The zero-order chi connectivity index (χ0) is 13.1. The third-order valence-electron chi connectivity index (χ3n) is 2.90. The molecular formula is C12H15Cl3N2OS. The maximum absolute atomic E-state index is 12.0. The summed E-state index contributed by atoms with van der Waals surface area (Å²) < 4.78 is 0. The van der Waals surface area contributed by atoms with Crippen molar-refractivity contribution in [2.45, 2.75) is 4.90 Å². The summed E-state index contributed by atoms with van der Waals surface area (Å²) in [4.78, 5) is 12.9. The first kappa shape index (κ1) is 16.9. The van der Waals surface area contributed by atoms with Crippen LogP contribution in [0.1, 0.15) is 10.4 Å². The van der Waals surface area contributed by atoms with E-state index in [9.17, 15) is 4.79 Å². The van der Waals surface area contributed by atoms with Crippen LogP contribution in [0.15, 0.2) is 17.0 Å². The molecule has 0 atom stereocenters. The van der Waals surface area contributed by atoms with Crippen molar-refractivity contribution in [2.75, 3.05) is 25.9 Å². The van der Waals surface area contributed by atoms with Crippen molar-refractivity contribution >= 4 is 53.3 Å². The third kappa shape index (κ3) is 4.17. The van der Waals surface area contributed by atoms with E-state index in [1.165, 1.54) is 11.8 Å². The Labute approximate surface area is 133 Å². The van der Waals surface area contributed by atoms with Crippen LogP contribution in [-0.2, 0) is 0 Å². The lowest BCUT2D eigenvalue weighted by Gasteiger charge is -2.27. The van der Waals surface area contributed by atoms with E-state index < -0.39 is 0 Å². The number of thioether (sulfide) groups is 1. The van der Waals surface area contributed by atoms with E-state index in [1.54, 1.807) is 12.1 Å². The highest BCUT2D eigenvalue weighted by molar-refractivity contribution is 7.98. The predicted octanol–water partition coefficient (Wildman–Crippen LogP) is 3.09. The molecule has 0 spiro atoms. The van der Waals surface area contributed by atoms with Gasteiger partial charge in [0.15, 0.2) is 0 Å². The zero-order valence-corrected chi connectivity index (χ0v) is 13.5. The molecule has 0 aliphatic carbocycles. The van der Waals surface area contributed by atoms with E-state index >= 15 is 0 Å². The monoisotopic (exact) mass is 340 g/mol. The molecule has 106 valence electrons. The molecule has 1 saturated heterocycles. The largest absolute Gasteiger partial charge is 0.352 e. The molecule has 19 heavy (non-hydrogen) atoms. The Hall–Kier alpha value is -0.130. The van der Waals surface area contributed by atoms with Gasteiger partial charge in [0.1, 0.15) is 0 Å². The minimum atomic E-state index is -0.140. The van der Waals surface area contributed by atoms with Gasteiger partial charge in [0.05, 0.1) is 15.6 Å². The maximum Gasteiger partial charge on any atom is 0.252 e. The van der Waals surface area contributed by atoms with Gasteiger partial charge in [0.25, 0.3) is 5.91 Å². The highest BCUT2D eigenvalue weighted by Crippen LogP contribution is 2.31. The molecule has 7 heteroatoms. The summed E-state index contributed by atoms with van der Waals surface area (Å²) >= 11 is 13.6. The van der Waals surface area contributed by atoms with Crippen LogP contribution in [0.3, 0.4) is 0 Å². The Morgan fingerprint density at radius 2 is 2.11 bits per heavy atom. The van der Waals surface area contributed by atoms with Crippen LogP contribution in [0.4, 0.5) is 0 Å². The summed E-state index contributed by atoms with van der Waals surface area (Å²) in [6, 6.07) is 3.36. The van der Waals surface area contributed by atoms with Gasteiger partial charge in [-0.05, 0) is 18.4 Å². The fraction of sp³-hybridized carbons (Fsp3) is 0.417. The fourth-order valence-corrected chi connectivity index (χ4v) is 2.87.